The first kappa shape index (κ1) is 13.4. The number of nitrogens with zero attached hydrogens (tertiary/aromatic N) is 3. The van der Waals surface area contributed by atoms with Crippen molar-refractivity contribution in [3.63, 3.8) is 0 Å². The molecule has 0 saturated carbocycles. The van der Waals surface area contributed by atoms with E-state index in [2.05, 4.69) is 45.2 Å². The summed E-state index contributed by atoms with van der Waals surface area (Å²) < 4.78 is 0. The Morgan fingerprint density at radius 1 is 1.05 bits per heavy atom. The van der Waals surface area contributed by atoms with Crippen molar-refractivity contribution in [3.05, 3.63) is 53.4 Å². The first-order valence-electron chi connectivity index (χ1n) is 7.08. The summed E-state index contributed by atoms with van der Waals surface area (Å²) in [5.41, 5.74) is 1.43. The van der Waals surface area contributed by atoms with Gasteiger partial charge >= 0.3 is 0 Å². The summed E-state index contributed by atoms with van der Waals surface area (Å²) in [7, 11) is 0. The number of halogens is 1. The quantitative estimate of drug-likeness (QED) is 0.864. The highest BCUT2D eigenvalue weighted by atomic mass is 35.5. The average Bonchev–Trinajstić information content (AvgIpc) is 2.50. The van der Waals surface area contributed by atoms with E-state index < -0.39 is 0 Å². The number of benzene rings is 1. The van der Waals surface area contributed by atoms with E-state index in [1.165, 1.54) is 24.8 Å². The summed E-state index contributed by atoms with van der Waals surface area (Å²) in [5, 5.41) is 0.508. The van der Waals surface area contributed by atoms with Gasteiger partial charge in [-0.15, -0.1) is 0 Å². The smallest absolute Gasteiger partial charge is 0.171 e. The second-order valence-corrected chi connectivity index (χ2v) is 5.65. The van der Waals surface area contributed by atoms with Gasteiger partial charge in [-0.05, 0) is 30.7 Å². The van der Waals surface area contributed by atoms with Gasteiger partial charge in [-0.2, -0.15) is 0 Å². The van der Waals surface area contributed by atoms with Gasteiger partial charge in [0.2, 0.25) is 0 Å². The molecule has 0 N–H and O–H groups in total. The summed E-state index contributed by atoms with van der Waals surface area (Å²) in [5.74, 6) is 1.58. The Bertz CT molecular complexity index is 551. The largest absolute Gasteiger partial charge is 0.354 e. The fourth-order valence-corrected chi connectivity index (χ4v) is 3.05. The molecule has 0 atom stereocenters. The number of aromatic nitrogens is 2. The fourth-order valence-electron chi connectivity index (χ4n) is 2.82. The Balaban J connectivity index is 1.59. The molecule has 0 amide bonds. The van der Waals surface area contributed by atoms with Gasteiger partial charge in [-0.1, -0.05) is 41.9 Å². The lowest BCUT2D eigenvalue weighted by molar-refractivity contribution is 0.402. The van der Waals surface area contributed by atoms with Crippen molar-refractivity contribution in [2.24, 2.45) is 5.92 Å². The first-order chi connectivity index (χ1) is 9.83. The molecule has 2 aromatic rings. The third kappa shape index (κ3) is 3.10. The van der Waals surface area contributed by atoms with Crippen LogP contribution in [-0.4, -0.2) is 23.1 Å². The molecule has 1 fully saturated rings. The van der Waals surface area contributed by atoms with Crippen LogP contribution in [0.3, 0.4) is 0 Å². The van der Waals surface area contributed by atoms with Gasteiger partial charge in [0.1, 0.15) is 0 Å². The summed E-state index contributed by atoms with van der Waals surface area (Å²) in [6, 6.07) is 10.7. The Morgan fingerprint density at radius 3 is 2.45 bits per heavy atom. The third-order valence-electron chi connectivity index (χ3n) is 3.92. The maximum absolute atomic E-state index is 6.11. The number of hydrogen-bond donors (Lipinski definition) is 0. The summed E-state index contributed by atoms with van der Waals surface area (Å²) in [4.78, 5) is 10.7. The monoisotopic (exact) mass is 287 g/mol. The van der Waals surface area contributed by atoms with Crippen LogP contribution < -0.4 is 4.90 Å². The van der Waals surface area contributed by atoms with Crippen LogP contribution in [0.25, 0.3) is 0 Å². The second kappa shape index (κ2) is 6.23. The molecule has 0 aliphatic carbocycles. The predicted molar refractivity (Wildman–Crippen MR) is 82.1 cm³/mol. The molecule has 1 aromatic heterocycles. The van der Waals surface area contributed by atoms with Crippen LogP contribution in [0.4, 0.5) is 5.82 Å². The van der Waals surface area contributed by atoms with Crippen molar-refractivity contribution in [3.8, 4) is 0 Å². The standard InChI is InChI=1S/C16H18ClN3/c17-15-16(19-9-8-18-15)20-10-6-14(7-11-20)12-13-4-2-1-3-5-13/h1-5,8-9,14H,6-7,10-12H2. The Labute approximate surface area is 124 Å². The maximum atomic E-state index is 6.11. The van der Waals surface area contributed by atoms with Gasteiger partial charge in [0.05, 0.1) is 0 Å². The molecule has 2 heterocycles. The van der Waals surface area contributed by atoms with Crippen LogP contribution in [0, 0.1) is 5.92 Å². The van der Waals surface area contributed by atoms with Crippen molar-refractivity contribution in [2.45, 2.75) is 19.3 Å². The zero-order chi connectivity index (χ0) is 13.8. The molecular weight excluding hydrogens is 270 g/mol. The lowest BCUT2D eigenvalue weighted by atomic mass is 9.90. The molecular formula is C16H18ClN3. The van der Waals surface area contributed by atoms with Crippen molar-refractivity contribution in [2.75, 3.05) is 18.0 Å². The number of anilines is 1. The topological polar surface area (TPSA) is 29.0 Å². The Morgan fingerprint density at radius 2 is 1.75 bits per heavy atom. The number of hydrogen-bond acceptors (Lipinski definition) is 3. The van der Waals surface area contributed by atoms with Crippen molar-refractivity contribution in [1.82, 2.24) is 9.97 Å². The van der Waals surface area contributed by atoms with E-state index in [1.807, 2.05) is 0 Å². The Kier molecular flexibility index (Phi) is 4.16. The minimum absolute atomic E-state index is 0.508. The van der Waals surface area contributed by atoms with Gasteiger partial charge in [-0.3, -0.25) is 0 Å². The van der Waals surface area contributed by atoms with Crippen LogP contribution >= 0.6 is 11.6 Å². The van der Waals surface area contributed by atoms with Gasteiger partial charge in [0.25, 0.3) is 0 Å². The summed E-state index contributed by atoms with van der Waals surface area (Å²) in [6.07, 6.45) is 6.87. The van der Waals surface area contributed by atoms with Crippen molar-refractivity contribution in [1.29, 1.82) is 0 Å². The summed E-state index contributed by atoms with van der Waals surface area (Å²) >= 11 is 6.11. The molecule has 4 heteroatoms. The maximum Gasteiger partial charge on any atom is 0.171 e. The van der Waals surface area contributed by atoms with E-state index >= 15 is 0 Å². The second-order valence-electron chi connectivity index (χ2n) is 5.29. The molecule has 0 bridgehead atoms. The third-order valence-corrected chi connectivity index (χ3v) is 4.18. The molecule has 3 rings (SSSR count). The first-order valence-corrected chi connectivity index (χ1v) is 7.46. The molecule has 3 nitrogen and oxygen atoms in total. The minimum Gasteiger partial charge on any atom is -0.354 e. The molecule has 0 spiro atoms. The van der Waals surface area contributed by atoms with Crippen molar-refractivity contribution < 1.29 is 0 Å². The molecule has 0 unspecified atom stereocenters. The van der Waals surface area contributed by atoms with E-state index in [0.717, 1.165) is 24.8 Å². The van der Waals surface area contributed by atoms with E-state index in [1.54, 1.807) is 12.4 Å². The molecule has 20 heavy (non-hydrogen) atoms. The predicted octanol–water partition coefficient (Wildman–Crippen LogP) is 3.59. The van der Waals surface area contributed by atoms with Gasteiger partial charge in [0, 0.05) is 25.5 Å². The van der Waals surface area contributed by atoms with E-state index in [-0.39, 0.29) is 0 Å². The molecule has 0 radical (unpaired) electrons. The lowest BCUT2D eigenvalue weighted by Gasteiger charge is -2.33. The highest BCUT2D eigenvalue weighted by molar-refractivity contribution is 6.31. The van der Waals surface area contributed by atoms with Gasteiger partial charge in [0.15, 0.2) is 11.0 Å². The number of rotatable bonds is 3. The van der Waals surface area contributed by atoms with Crippen LogP contribution in [0.1, 0.15) is 18.4 Å². The molecule has 1 aliphatic heterocycles. The average molecular weight is 288 g/mol. The molecule has 1 saturated heterocycles. The van der Waals surface area contributed by atoms with Crippen molar-refractivity contribution >= 4 is 17.4 Å². The molecule has 104 valence electrons. The minimum atomic E-state index is 0.508. The van der Waals surface area contributed by atoms with Crippen LogP contribution in [0.2, 0.25) is 5.15 Å². The SMILES string of the molecule is Clc1nccnc1N1CCC(Cc2ccccc2)CC1. The summed E-state index contributed by atoms with van der Waals surface area (Å²) in [6.45, 7) is 2.02. The number of piperidine rings is 1. The molecule has 1 aromatic carbocycles. The highest BCUT2D eigenvalue weighted by Gasteiger charge is 2.22. The van der Waals surface area contributed by atoms with E-state index in [9.17, 15) is 0 Å². The van der Waals surface area contributed by atoms with E-state index in [0.29, 0.717) is 5.15 Å². The highest BCUT2D eigenvalue weighted by Crippen LogP contribution is 2.27. The van der Waals surface area contributed by atoms with Crippen LogP contribution in [-0.2, 0) is 6.42 Å². The normalized spacial score (nSPS) is 16.4. The van der Waals surface area contributed by atoms with Crippen LogP contribution in [0.15, 0.2) is 42.7 Å². The fraction of sp³-hybridized carbons (Fsp3) is 0.375. The lowest BCUT2D eigenvalue weighted by Crippen LogP contribution is -2.35. The van der Waals surface area contributed by atoms with Gasteiger partial charge in [-0.25, -0.2) is 9.97 Å². The van der Waals surface area contributed by atoms with E-state index in [4.69, 9.17) is 11.6 Å². The van der Waals surface area contributed by atoms with Crippen LogP contribution in [0.5, 0.6) is 0 Å². The zero-order valence-corrected chi connectivity index (χ0v) is 12.1. The van der Waals surface area contributed by atoms with Gasteiger partial charge < -0.3 is 4.90 Å². The molecule has 1 aliphatic rings. The Hall–Kier alpha value is -1.61. The zero-order valence-electron chi connectivity index (χ0n) is 11.4.